The fraction of sp³-hybridized carbons (Fsp3) is 0.167. The molecule has 0 fully saturated rings. The molecule has 0 aliphatic rings. The number of hydrogen-bond donors (Lipinski definition) is 1. The van der Waals surface area contributed by atoms with Crippen LogP contribution in [0.3, 0.4) is 0 Å². The van der Waals surface area contributed by atoms with Crippen molar-refractivity contribution in [2.45, 2.75) is 13.5 Å². The second-order valence-electron chi connectivity index (χ2n) is 3.57. The van der Waals surface area contributed by atoms with Crippen molar-refractivity contribution in [1.82, 2.24) is 9.78 Å². The van der Waals surface area contributed by atoms with Crippen molar-refractivity contribution < 1.29 is 4.79 Å². The molecule has 1 N–H and O–H groups in total. The third-order valence-electron chi connectivity index (χ3n) is 2.13. The molecule has 0 unspecified atom stereocenters. The van der Waals surface area contributed by atoms with Crippen LogP contribution in [0, 0.1) is 0 Å². The number of rotatable bonds is 3. The summed E-state index contributed by atoms with van der Waals surface area (Å²) >= 11 is 0. The normalized spacial score (nSPS) is 10.1. The predicted octanol–water partition coefficient (Wildman–Crippen LogP) is 1.89. The zero-order chi connectivity index (χ0) is 11.4. The van der Waals surface area contributed by atoms with Gasteiger partial charge in [0, 0.05) is 19.2 Å². The highest BCUT2D eigenvalue weighted by Gasteiger charge is 2.00. The van der Waals surface area contributed by atoms with E-state index in [2.05, 4.69) is 10.4 Å². The average molecular weight is 215 g/mol. The van der Waals surface area contributed by atoms with Crippen LogP contribution in [0.4, 0.5) is 5.82 Å². The number of amides is 1. The van der Waals surface area contributed by atoms with Crippen LogP contribution in [0.5, 0.6) is 0 Å². The van der Waals surface area contributed by atoms with Crippen LogP contribution >= 0.6 is 0 Å². The van der Waals surface area contributed by atoms with Crippen molar-refractivity contribution in [3.05, 3.63) is 48.2 Å². The molecule has 2 aromatic rings. The minimum atomic E-state index is -0.107. The Bertz CT molecular complexity index is 476. The Balaban J connectivity index is 2.06. The van der Waals surface area contributed by atoms with Gasteiger partial charge in [-0.15, -0.1) is 0 Å². The predicted molar refractivity (Wildman–Crippen MR) is 62.1 cm³/mol. The Morgan fingerprint density at radius 1 is 1.31 bits per heavy atom. The average Bonchev–Trinajstić information content (AvgIpc) is 2.66. The second-order valence-corrected chi connectivity index (χ2v) is 3.57. The number of benzene rings is 1. The van der Waals surface area contributed by atoms with Gasteiger partial charge in [0.05, 0.1) is 6.54 Å². The zero-order valence-electron chi connectivity index (χ0n) is 9.05. The molecule has 1 aromatic heterocycles. The van der Waals surface area contributed by atoms with Crippen molar-refractivity contribution in [2.24, 2.45) is 0 Å². The summed E-state index contributed by atoms with van der Waals surface area (Å²) in [6, 6.07) is 11.8. The number of anilines is 1. The lowest BCUT2D eigenvalue weighted by atomic mass is 10.2. The van der Waals surface area contributed by atoms with Gasteiger partial charge in [0.2, 0.25) is 5.91 Å². The standard InChI is InChI=1S/C12H13N3O/c1-10(16)13-12-7-8-15(14-12)9-11-5-3-2-4-6-11/h2-8H,9H2,1H3,(H,13,14,16). The molecule has 0 radical (unpaired) electrons. The summed E-state index contributed by atoms with van der Waals surface area (Å²) < 4.78 is 1.79. The Kier molecular flexibility index (Phi) is 3.00. The van der Waals surface area contributed by atoms with Gasteiger partial charge in [0.1, 0.15) is 0 Å². The van der Waals surface area contributed by atoms with E-state index in [0.717, 1.165) is 0 Å². The maximum absolute atomic E-state index is 10.8. The highest BCUT2D eigenvalue weighted by atomic mass is 16.1. The Hall–Kier alpha value is -2.10. The minimum absolute atomic E-state index is 0.107. The van der Waals surface area contributed by atoms with E-state index in [1.807, 2.05) is 36.5 Å². The van der Waals surface area contributed by atoms with Crippen molar-refractivity contribution in [1.29, 1.82) is 0 Å². The first-order chi connectivity index (χ1) is 7.74. The lowest BCUT2D eigenvalue weighted by molar-refractivity contribution is -0.114. The molecule has 4 nitrogen and oxygen atoms in total. The molecule has 4 heteroatoms. The number of nitrogens with one attached hydrogen (secondary N) is 1. The molecule has 1 amide bonds. The van der Waals surface area contributed by atoms with Gasteiger partial charge in [-0.1, -0.05) is 30.3 Å². The van der Waals surface area contributed by atoms with Crippen LogP contribution in [-0.2, 0) is 11.3 Å². The molecular formula is C12H13N3O. The lowest BCUT2D eigenvalue weighted by Gasteiger charge is -2.01. The monoisotopic (exact) mass is 215 g/mol. The number of carbonyl (C=O) groups excluding carboxylic acids is 1. The maximum atomic E-state index is 10.8. The topological polar surface area (TPSA) is 46.9 Å². The number of aromatic nitrogens is 2. The summed E-state index contributed by atoms with van der Waals surface area (Å²) in [5.41, 5.74) is 1.18. The SMILES string of the molecule is CC(=O)Nc1ccn(Cc2ccccc2)n1. The van der Waals surface area contributed by atoms with E-state index in [1.165, 1.54) is 12.5 Å². The largest absolute Gasteiger partial charge is 0.309 e. The van der Waals surface area contributed by atoms with Gasteiger partial charge in [-0.2, -0.15) is 5.10 Å². The molecule has 0 aliphatic carbocycles. The summed E-state index contributed by atoms with van der Waals surface area (Å²) in [5.74, 6) is 0.480. The van der Waals surface area contributed by atoms with Crippen molar-refractivity contribution in [3.63, 3.8) is 0 Å². The van der Waals surface area contributed by atoms with E-state index in [4.69, 9.17) is 0 Å². The van der Waals surface area contributed by atoms with Crippen molar-refractivity contribution in [2.75, 3.05) is 5.32 Å². The van der Waals surface area contributed by atoms with Gasteiger partial charge in [0.25, 0.3) is 0 Å². The zero-order valence-corrected chi connectivity index (χ0v) is 9.05. The van der Waals surface area contributed by atoms with Crippen LogP contribution in [0.2, 0.25) is 0 Å². The van der Waals surface area contributed by atoms with Crippen molar-refractivity contribution >= 4 is 11.7 Å². The Morgan fingerprint density at radius 3 is 2.75 bits per heavy atom. The molecule has 1 aromatic carbocycles. The molecule has 0 bridgehead atoms. The fourth-order valence-electron chi connectivity index (χ4n) is 1.47. The van der Waals surface area contributed by atoms with E-state index in [-0.39, 0.29) is 5.91 Å². The third kappa shape index (κ3) is 2.70. The maximum Gasteiger partial charge on any atom is 0.222 e. The third-order valence-corrected chi connectivity index (χ3v) is 2.13. The number of nitrogens with zero attached hydrogens (tertiary/aromatic N) is 2. The summed E-state index contributed by atoms with van der Waals surface area (Å²) in [6.07, 6.45) is 1.85. The quantitative estimate of drug-likeness (QED) is 0.849. The number of carbonyl (C=O) groups is 1. The van der Waals surface area contributed by atoms with Crippen LogP contribution in [0.25, 0.3) is 0 Å². The molecule has 0 aliphatic heterocycles. The molecule has 0 atom stereocenters. The summed E-state index contributed by atoms with van der Waals surface area (Å²) in [7, 11) is 0. The van der Waals surface area contributed by atoms with E-state index >= 15 is 0 Å². The van der Waals surface area contributed by atoms with E-state index in [1.54, 1.807) is 10.7 Å². The Morgan fingerprint density at radius 2 is 2.06 bits per heavy atom. The van der Waals surface area contributed by atoms with Gasteiger partial charge >= 0.3 is 0 Å². The van der Waals surface area contributed by atoms with Crippen LogP contribution in [0.15, 0.2) is 42.6 Å². The van der Waals surface area contributed by atoms with E-state index in [0.29, 0.717) is 12.4 Å². The molecule has 2 rings (SSSR count). The van der Waals surface area contributed by atoms with Crippen LogP contribution < -0.4 is 5.32 Å². The second kappa shape index (κ2) is 4.61. The van der Waals surface area contributed by atoms with Crippen LogP contribution in [-0.4, -0.2) is 15.7 Å². The number of hydrogen-bond acceptors (Lipinski definition) is 2. The molecular weight excluding hydrogens is 202 g/mol. The first-order valence-corrected chi connectivity index (χ1v) is 5.09. The summed E-state index contributed by atoms with van der Waals surface area (Å²) in [6.45, 7) is 2.18. The van der Waals surface area contributed by atoms with Gasteiger partial charge in [-0.3, -0.25) is 9.48 Å². The van der Waals surface area contributed by atoms with Gasteiger partial charge in [0.15, 0.2) is 5.82 Å². The first-order valence-electron chi connectivity index (χ1n) is 5.09. The minimum Gasteiger partial charge on any atom is -0.309 e. The van der Waals surface area contributed by atoms with Gasteiger partial charge < -0.3 is 5.32 Å². The van der Waals surface area contributed by atoms with Crippen LogP contribution in [0.1, 0.15) is 12.5 Å². The summed E-state index contributed by atoms with van der Waals surface area (Å²) in [5, 5.41) is 6.87. The fourth-order valence-corrected chi connectivity index (χ4v) is 1.47. The first kappa shape index (κ1) is 10.4. The lowest BCUT2D eigenvalue weighted by Crippen LogP contribution is -2.07. The van der Waals surface area contributed by atoms with E-state index in [9.17, 15) is 4.79 Å². The molecule has 82 valence electrons. The molecule has 16 heavy (non-hydrogen) atoms. The molecule has 0 spiro atoms. The van der Waals surface area contributed by atoms with Gasteiger partial charge in [-0.05, 0) is 5.56 Å². The molecule has 0 saturated carbocycles. The smallest absolute Gasteiger partial charge is 0.222 e. The van der Waals surface area contributed by atoms with E-state index < -0.39 is 0 Å². The highest BCUT2D eigenvalue weighted by Crippen LogP contribution is 2.05. The van der Waals surface area contributed by atoms with Crippen molar-refractivity contribution in [3.8, 4) is 0 Å². The molecule has 0 saturated heterocycles. The molecule has 1 heterocycles. The Labute approximate surface area is 93.9 Å². The van der Waals surface area contributed by atoms with Gasteiger partial charge in [-0.25, -0.2) is 0 Å². The summed E-state index contributed by atoms with van der Waals surface area (Å²) in [4.78, 5) is 10.8. The highest BCUT2D eigenvalue weighted by molar-refractivity contribution is 5.87.